The van der Waals surface area contributed by atoms with Crippen molar-refractivity contribution in [2.75, 3.05) is 27.9 Å². The number of aliphatic carboxylic acids is 1. The van der Waals surface area contributed by atoms with Crippen molar-refractivity contribution in [1.29, 1.82) is 0 Å². The molecule has 4 rings (SSSR count). The van der Waals surface area contributed by atoms with Gasteiger partial charge in [0.1, 0.15) is 11.0 Å². The summed E-state index contributed by atoms with van der Waals surface area (Å²) in [6, 6.07) is 10.8. The predicted octanol–water partition coefficient (Wildman–Crippen LogP) is 3.96. The molecular formula is C22H24N2O5S. The number of methoxy groups -OCH3 is 3. The normalized spacial score (nSPS) is 17.8. The van der Waals surface area contributed by atoms with Gasteiger partial charge in [0.05, 0.1) is 37.6 Å². The van der Waals surface area contributed by atoms with Crippen LogP contribution in [-0.4, -0.2) is 54.9 Å². The second-order valence-electron chi connectivity index (χ2n) is 7.12. The lowest BCUT2D eigenvalue weighted by Gasteiger charge is -2.30. The SMILES string of the molecule is COc1cc(C(c2nc3ccccc3s2)N2CCCC2C(=O)O)cc(OC)c1OC. The first-order valence-corrected chi connectivity index (χ1v) is 10.5. The molecule has 0 saturated carbocycles. The van der Waals surface area contributed by atoms with Crippen molar-refractivity contribution < 1.29 is 24.1 Å². The van der Waals surface area contributed by atoms with E-state index in [1.807, 2.05) is 41.3 Å². The Balaban J connectivity index is 1.90. The van der Waals surface area contributed by atoms with Gasteiger partial charge in [-0.05, 0) is 42.7 Å². The Hall–Kier alpha value is -2.84. The van der Waals surface area contributed by atoms with Gasteiger partial charge in [0.2, 0.25) is 5.75 Å². The number of benzene rings is 2. The maximum atomic E-state index is 12.0. The van der Waals surface area contributed by atoms with Crippen molar-refractivity contribution in [3.63, 3.8) is 0 Å². The van der Waals surface area contributed by atoms with E-state index in [9.17, 15) is 9.90 Å². The average Bonchev–Trinajstić information content (AvgIpc) is 3.40. The van der Waals surface area contributed by atoms with Crippen molar-refractivity contribution in [3.05, 3.63) is 47.0 Å². The summed E-state index contributed by atoms with van der Waals surface area (Å²) in [4.78, 5) is 18.8. The Kier molecular flexibility index (Phi) is 5.78. The molecule has 1 fully saturated rings. The maximum Gasteiger partial charge on any atom is 0.320 e. The van der Waals surface area contributed by atoms with E-state index in [-0.39, 0.29) is 6.04 Å². The highest BCUT2D eigenvalue weighted by Gasteiger charge is 2.39. The molecule has 2 aromatic carbocycles. The van der Waals surface area contributed by atoms with Crippen molar-refractivity contribution in [3.8, 4) is 17.2 Å². The number of likely N-dealkylation sites (tertiary alicyclic amines) is 1. The monoisotopic (exact) mass is 428 g/mol. The van der Waals surface area contributed by atoms with Crippen molar-refractivity contribution in [1.82, 2.24) is 9.88 Å². The summed E-state index contributed by atoms with van der Waals surface area (Å²) in [5.41, 5.74) is 1.76. The number of aromatic nitrogens is 1. The Morgan fingerprint density at radius 2 is 1.87 bits per heavy atom. The van der Waals surface area contributed by atoms with Crippen molar-refractivity contribution >= 4 is 27.5 Å². The molecule has 0 bridgehead atoms. The van der Waals surface area contributed by atoms with Gasteiger partial charge in [-0.2, -0.15) is 0 Å². The lowest BCUT2D eigenvalue weighted by atomic mass is 10.0. The highest BCUT2D eigenvalue weighted by Crippen LogP contribution is 2.44. The highest BCUT2D eigenvalue weighted by atomic mass is 32.1. The number of para-hydroxylation sites is 1. The summed E-state index contributed by atoms with van der Waals surface area (Å²) in [5.74, 6) is 0.752. The number of carbonyl (C=O) groups is 1. The number of thiazole rings is 1. The third kappa shape index (κ3) is 3.57. The first-order chi connectivity index (χ1) is 14.6. The van der Waals surface area contributed by atoms with Gasteiger partial charge in [0.25, 0.3) is 0 Å². The molecule has 0 spiro atoms. The number of rotatable bonds is 7. The third-order valence-electron chi connectivity index (χ3n) is 5.46. The average molecular weight is 429 g/mol. The molecule has 1 aliphatic heterocycles. The van der Waals surface area contributed by atoms with Crippen LogP contribution in [0.4, 0.5) is 0 Å². The Bertz CT molecular complexity index is 1010. The molecule has 1 saturated heterocycles. The van der Waals surface area contributed by atoms with Gasteiger partial charge in [0, 0.05) is 6.54 Å². The Morgan fingerprint density at radius 3 is 2.47 bits per heavy atom. The van der Waals surface area contributed by atoms with Gasteiger partial charge < -0.3 is 19.3 Å². The van der Waals surface area contributed by atoms with Crippen LogP contribution in [0.25, 0.3) is 10.2 Å². The number of hydrogen-bond acceptors (Lipinski definition) is 7. The lowest BCUT2D eigenvalue weighted by Crippen LogP contribution is -2.39. The maximum absolute atomic E-state index is 12.0. The van der Waals surface area contributed by atoms with Gasteiger partial charge in [-0.15, -0.1) is 11.3 Å². The van der Waals surface area contributed by atoms with E-state index in [1.54, 1.807) is 32.7 Å². The Labute approximate surface area is 178 Å². The molecule has 8 heteroatoms. The lowest BCUT2D eigenvalue weighted by molar-refractivity contribution is -0.142. The van der Waals surface area contributed by atoms with Crippen LogP contribution in [-0.2, 0) is 4.79 Å². The zero-order valence-corrected chi connectivity index (χ0v) is 17.9. The minimum absolute atomic E-state index is 0.334. The number of nitrogens with zero attached hydrogens (tertiary/aromatic N) is 2. The van der Waals surface area contributed by atoms with Gasteiger partial charge >= 0.3 is 5.97 Å². The van der Waals surface area contributed by atoms with Crippen LogP contribution in [0.15, 0.2) is 36.4 Å². The molecule has 1 N–H and O–H groups in total. The summed E-state index contributed by atoms with van der Waals surface area (Å²) in [5, 5.41) is 10.7. The van der Waals surface area contributed by atoms with E-state index >= 15 is 0 Å². The fraction of sp³-hybridized carbons (Fsp3) is 0.364. The van der Waals surface area contributed by atoms with E-state index < -0.39 is 12.0 Å². The molecule has 0 radical (unpaired) electrons. The molecule has 30 heavy (non-hydrogen) atoms. The second kappa shape index (κ2) is 8.49. The molecule has 7 nitrogen and oxygen atoms in total. The van der Waals surface area contributed by atoms with E-state index in [4.69, 9.17) is 19.2 Å². The quantitative estimate of drug-likeness (QED) is 0.610. The number of carboxylic acid groups (broad SMARTS) is 1. The molecule has 1 aromatic heterocycles. The first kappa shape index (κ1) is 20.4. The van der Waals surface area contributed by atoms with Crippen LogP contribution < -0.4 is 14.2 Å². The van der Waals surface area contributed by atoms with Gasteiger partial charge in [-0.3, -0.25) is 9.69 Å². The number of ether oxygens (including phenoxy) is 3. The zero-order valence-electron chi connectivity index (χ0n) is 17.1. The fourth-order valence-electron chi connectivity index (χ4n) is 4.11. The minimum Gasteiger partial charge on any atom is -0.493 e. The zero-order chi connectivity index (χ0) is 21.3. The summed E-state index contributed by atoms with van der Waals surface area (Å²) < 4.78 is 17.6. The van der Waals surface area contributed by atoms with E-state index in [1.165, 1.54) is 0 Å². The standard InChI is InChI=1S/C22H24N2O5S/c1-27-16-11-13(12-17(28-2)20(16)29-3)19(24-10-6-8-15(24)22(25)26)21-23-14-7-4-5-9-18(14)30-21/h4-5,7,9,11-12,15,19H,6,8,10H2,1-3H3,(H,25,26). The molecule has 158 valence electrons. The summed E-state index contributed by atoms with van der Waals surface area (Å²) >= 11 is 1.58. The van der Waals surface area contributed by atoms with E-state index in [0.29, 0.717) is 30.2 Å². The largest absolute Gasteiger partial charge is 0.493 e. The molecule has 2 unspecified atom stereocenters. The summed E-state index contributed by atoms with van der Waals surface area (Å²) in [6.07, 6.45) is 1.43. The molecular weight excluding hydrogens is 404 g/mol. The first-order valence-electron chi connectivity index (χ1n) is 9.71. The smallest absolute Gasteiger partial charge is 0.320 e. The van der Waals surface area contributed by atoms with E-state index in [0.717, 1.165) is 27.2 Å². The fourth-order valence-corrected chi connectivity index (χ4v) is 5.22. The van der Waals surface area contributed by atoms with Gasteiger partial charge in [-0.25, -0.2) is 4.98 Å². The second-order valence-corrected chi connectivity index (χ2v) is 8.18. The van der Waals surface area contributed by atoms with Crippen LogP contribution in [0.5, 0.6) is 17.2 Å². The topological polar surface area (TPSA) is 81.1 Å². The summed E-state index contributed by atoms with van der Waals surface area (Å²) in [7, 11) is 4.71. The molecule has 3 aromatic rings. The number of carboxylic acids is 1. The molecule has 2 heterocycles. The summed E-state index contributed by atoms with van der Waals surface area (Å²) in [6.45, 7) is 0.675. The van der Waals surface area contributed by atoms with Crippen LogP contribution in [0.1, 0.15) is 29.5 Å². The van der Waals surface area contributed by atoms with Crippen LogP contribution >= 0.6 is 11.3 Å². The Morgan fingerprint density at radius 1 is 1.17 bits per heavy atom. The molecule has 0 amide bonds. The van der Waals surface area contributed by atoms with Crippen LogP contribution in [0.3, 0.4) is 0 Å². The minimum atomic E-state index is -0.814. The van der Waals surface area contributed by atoms with Crippen LogP contribution in [0, 0.1) is 0 Å². The molecule has 2 atom stereocenters. The van der Waals surface area contributed by atoms with Crippen molar-refractivity contribution in [2.24, 2.45) is 0 Å². The third-order valence-corrected chi connectivity index (χ3v) is 6.55. The van der Waals surface area contributed by atoms with Gasteiger partial charge in [0.15, 0.2) is 11.5 Å². The highest BCUT2D eigenvalue weighted by molar-refractivity contribution is 7.18. The van der Waals surface area contributed by atoms with Crippen LogP contribution in [0.2, 0.25) is 0 Å². The van der Waals surface area contributed by atoms with Gasteiger partial charge in [-0.1, -0.05) is 12.1 Å². The molecule has 1 aliphatic rings. The number of fused-ring (bicyclic) bond motifs is 1. The van der Waals surface area contributed by atoms with E-state index in [2.05, 4.69) is 0 Å². The molecule has 0 aliphatic carbocycles. The number of hydrogen-bond donors (Lipinski definition) is 1. The van der Waals surface area contributed by atoms with Crippen molar-refractivity contribution in [2.45, 2.75) is 24.9 Å². The predicted molar refractivity (Wildman–Crippen MR) is 115 cm³/mol.